The van der Waals surface area contributed by atoms with Gasteiger partial charge in [-0.15, -0.1) is 0 Å². The molecule has 0 radical (unpaired) electrons. The molecule has 2 N–H and O–H groups in total. The second-order valence-corrected chi connectivity index (χ2v) is 4.03. The zero-order valence-corrected chi connectivity index (χ0v) is 9.24. The van der Waals surface area contributed by atoms with Gasteiger partial charge in [0, 0.05) is 6.20 Å². The molecule has 90 valence electrons. The van der Waals surface area contributed by atoms with E-state index in [-0.39, 0.29) is 10.9 Å². The van der Waals surface area contributed by atoms with E-state index in [1.54, 1.807) is 24.3 Å². The second-order valence-electron chi connectivity index (χ2n) is 4.03. The van der Waals surface area contributed by atoms with Gasteiger partial charge in [0.15, 0.2) is 6.04 Å². The molecule has 1 unspecified atom stereocenters. The quantitative estimate of drug-likeness (QED) is 0.744. The Morgan fingerprint density at radius 1 is 1.11 bits per heavy atom. The van der Waals surface area contributed by atoms with Crippen molar-refractivity contribution in [2.24, 2.45) is 5.73 Å². The molecule has 3 rings (SSSR count). The van der Waals surface area contributed by atoms with E-state index < -0.39 is 17.5 Å². The van der Waals surface area contributed by atoms with Crippen LogP contribution < -0.4 is 16.9 Å². The van der Waals surface area contributed by atoms with E-state index in [2.05, 4.69) is 0 Å². The largest absolute Gasteiger partial charge is 0.368 e. The average molecular weight is 243 g/mol. The predicted molar refractivity (Wildman–Crippen MR) is 66.0 cm³/mol. The molecule has 1 amide bonds. The monoisotopic (exact) mass is 243 g/mol. The number of nitrogens with zero attached hydrogens (tertiary/aromatic N) is 2. The standard InChI is InChI=1S/C12H9N3O3/c13-10(16)9-5-6-14-11(17)7-3-1-2-4-8(7)12(18)15(9)14/h1-6,9H,(H2,13,16). The van der Waals surface area contributed by atoms with Gasteiger partial charge in [0.1, 0.15) is 0 Å². The van der Waals surface area contributed by atoms with Gasteiger partial charge in [-0.25, -0.2) is 9.36 Å². The van der Waals surface area contributed by atoms with Crippen LogP contribution in [0.3, 0.4) is 0 Å². The fourth-order valence-corrected chi connectivity index (χ4v) is 2.16. The summed E-state index contributed by atoms with van der Waals surface area (Å²) in [5.41, 5.74) is 4.46. The van der Waals surface area contributed by atoms with Crippen molar-refractivity contribution in [1.29, 1.82) is 0 Å². The smallest absolute Gasteiger partial charge is 0.277 e. The third-order valence-electron chi connectivity index (χ3n) is 3.00. The molecule has 0 spiro atoms. The van der Waals surface area contributed by atoms with E-state index in [0.29, 0.717) is 5.39 Å². The van der Waals surface area contributed by atoms with Gasteiger partial charge in [0.2, 0.25) is 5.91 Å². The van der Waals surface area contributed by atoms with Crippen molar-refractivity contribution in [2.75, 3.05) is 0 Å². The van der Waals surface area contributed by atoms with Gasteiger partial charge in [-0.3, -0.25) is 14.4 Å². The van der Waals surface area contributed by atoms with E-state index in [9.17, 15) is 14.4 Å². The van der Waals surface area contributed by atoms with Crippen molar-refractivity contribution >= 4 is 22.9 Å². The Labute approximate surface area is 101 Å². The summed E-state index contributed by atoms with van der Waals surface area (Å²) in [6.45, 7) is 0. The summed E-state index contributed by atoms with van der Waals surface area (Å²) in [5, 5.41) is 0.613. The highest BCUT2D eigenvalue weighted by Crippen LogP contribution is 2.14. The molecule has 0 saturated carbocycles. The number of rotatable bonds is 1. The highest BCUT2D eigenvalue weighted by atomic mass is 16.2. The minimum absolute atomic E-state index is 0.286. The molecule has 1 aromatic heterocycles. The molecule has 0 fully saturated rings. The summed E-state index contributed by atoms with van der Waals surface area (Å²) in [7, 11) is 0. The zero-order chi connectivity index (χ0) is 12.9. The number of primary amides is 1. The molecule has 0 aliphatic carbocycles. The SMILES string of the molecule is NC(=O)C1C=Cn2c(=O)c3ccccc3c(=O)n21. The number of fused-ring (bicyclic) bond motifs is 2. The maximum absolute atomic E-state index is 12.2. The summed E-state index contributed by atoms with van der Waals surface area (Å²) in [5.74, 6) is -0.672. The van der Waals surface area contributed by atoms with Crippen LogP contribution in [0, 0.1) is 0 Å². The van der Waals surface area contributed by atoms with Gasteiger partial charge >= 0.3 is 0 Å². The maximum atomic E-state index is 12.2. The summed E-state index contributed by atoms with van der Waals surface area (Å²) < 4.78 is 2.20. The Hall–Kier alpha value is -2.63. The summed E-state index contributed by atoms with van der Waals surface area (Å²) in [6.07, 6.45) is 2.83. The van der Waals surface area contributed by atoms with Gasteiger partial charge in [-0.1, -0.05) is 12.1 Å². The van der Waals surface area contributed by atoms with Gasteiger partial charge in [-0.2, -0.15) is 0 Å². The number of aromatic nitrogens is 2. The molecule has 0 saturated heterocycles. The van der Waals surface area contributed by atoms with Crippen molar-refractivity contribution in [3.8, 4) is 0 Å². The van der Waals surface area contributed by atoms with Crippen LogP contribution in [0.4, 0.5) is 0 Å². The van der Waals surface area contributed by atoms with Crippen LogP contribution in [0.2, 0.25) is 0 Å². The highest BCUT2D eigenvalue weighted by Gasteiger charge is 2.25. The van der Waals surface area contributed by atoms with Crippen molar-refractivity contribution in [2.45, 2.75) is 6.04 Å². The third-order valence-corrected chi connectivity index (χ3v) is 3.00. The first kappa shape index (κ1) is 10.5. The third kappa shape index (κ3) is 1.20. The Morgan fingerprint density at radius 3 is 2.33 bits per heavy atom. The number of carbonyl (C=O) groups excluding carboxylic acids is 1. The van der Waals surface area contributed by atoms with Crippen molar-refractivity contribution in [3.05, 3.63) is 51.0 Å². The van der Waals surface area contributed by atoms with E-state index in [1.165, 1.54) is 12.3 Å². The molecule has 2 heterocycles. The van der Waals surface area contributed by atoms with Crippen LogP contribution in [-0.4, -0.2) is 15.3 Å². The lowest BCUT2D eigenvalue weighted by Crippen LogP contribution is -2.39. The number of carbonyl (C=O) groups is 1. The predicted octanol–water partition coefficient (Wildman–Crippen LogP) is -0.326. The number of benzene rings is 1. The Balaban J connectivity index is 2.52. The van der Waals surface area contributed by atoms with E-state index in [0.717, 1.165) is 9.36 Å². The first-order valence-corrected chi connectivity index (χ1v) is 5.35. The lowest BCUT2D eigenvalue weighted by molar-refractivity contribution is -0.120. The molecular formula is C12H9N3O3. The van der Waals surface area contributed by atoms with Crippen LogP contribution >= 0.6 is 0 Å². The fraction of sp³-hybridized carbons (Fsp3) is 0.0833. The molecule has 6 heteroatoms. The zero-order valence-electron chi connectivity index (χ0n) is 9.24. The lowest BCUT2D eigenvalue weighted by Gasteiger charge is -2.12. The van der Waals surface area contributed by atoms with Crippen LogP contribution in [0.5, 0.6) is 0 Å². The molecule has 1 aliphatic heterocycles. The summed E-state index contributed by atoms with van der Waals surface area (Å²) in [4.78, 5) is 35.6. The maximum Gasteiger partial charge on any atom is 0.277 e. The fourth-order valence-electron chi connectivity index (χ4n) is 2.16. The van der Waals surface area contributed by atoms with Crippen LogP contribution in [0.1, 0.15) is 6.04 Å². The number of nitrogens with two attached hydrogens (primary N) is 1. The average Bonchev–Trinajstić information content (AvgIpc) is 2.81. The van der Waals surface area contributed by atoms with E-state index in [1.807, 2.05) is 0 Å². The number of amides is 1. The Morgan fingerprint density at radius 2 is 1.72 bits per heavy atom. The molecule has 1 aliphatic rings. The van der Waals surface area contributed by atoms with Gasteiger partial charge in [0.05, 0.1) is 10.8 Å². The van der Waals surface area contributed by atoms with Crippen molar-refractivity contribution in [1.82, 2.24) is 9.36 Å². The van der Waals surface area contributed by atoms with Crippen molar-refractivity contribution in [3.63, 3.8) is 0 Å². The summed E-state index contributed by atoms with van der Waals surface area (Å²) in [6, 6.07) is 5.59. The molecule has 6 nitrogen and oxygen atoms in total. The van der Waals surface area contributed by atoms with Crippen LogP contribution in [-0.2, 0) is 4.79 Å². The van der Waals surface area contributed by atoms with Crippen molar-refractivity contribution < 1.29 is 4.79 Å². The normalized spacial score (nSPS) is 17.0. The number of hydrogen-bond donors (Lipinski definition) is 1. The molecule has 1 atom stereocenters. The highest BCUT2D eigenvalue weighted by molar-refractivity contribution is 5.84. The van der Waals surface area contributed by atoms with E-state index >= 15 is 0 Å². The first-order valence-electron chi connectivity index (χ1n) is 5.35. The molecule has 18 heavy (non-hydrogen) atoms. The Kier molecular flexibility index (Phi) is 2.00. The Bertz CT molecular complexity index is 813. The van der Waals surface area contributed by atoms with Gasteiger partial charge in [-0.05, 0) is 18.2 Å². The summed E-state index contributed by atoms with van der Waals surface area (Å²) >= 11 is 0. The molecule has 2 aromatic rings. The number of hydrogen-bond acceptors (Lipinski definition) is 3. The van der Waals surface area contributed by atoms with Crippen LogP contribution in [0.15, 0.2) is 39.9 Å². The second kappa shape index (κ2) is 3.43. The van der Waals surface area contributed by atoms with Crippen LogP contribution in [0.25, 0.3) is 17.0 Å². The molecule has 0 bridgehead atoms. The van der Waals surface area contributed by atoms with E-state index in [4.69, 9.17) is 5.73 Å². The minimum atomic E-state index is -0.908. The molecular weight excluding hydrogens is 234 g/mol. The molecule has 1 aromatic carbocycles. The minimum Gasteiger partial charge on any atom is -0.368 e. The van der Waals surface area contributed by atoms with Gasteiger partial charge < -0.3 is 5.73 Å². The topological polar surface area (TPSA) is 87.1 Å². The van der Waals surface area contributed by atoms with Gasteiger partial charge in [0.25, 0.3) is 11.1 Å². The first-order chi connectivity index (χ1) is 8.61. The lowest BCUT2D eigenvalue weighted by atomic mass is 10.2.